The van der Waals surface area contributed by atoms with E-state index in [4.69, 9.17) is 5.10 Å². The Labute approximate surface area is 110 Å². The summed E-state index contributed by atoms with van der Waals surface area (Å²) in [6, 6.07) is 2.67. The van der Waals surface area contributed by atoms with Crippen molar-refractivity contribution in [3.63, 3.8) is 0 Å². The predicted molar refractivity (Wildman–Crippen MR) is 72.9 cm³/mol. The minimum absolute atomic E-state index is 0.411. The molecule has 1 aromatic heterocycles. The summed E-state index contributed by atoms with van der Waals surface area (Å²) in [6.07, 6.45) is 3.35. The number of hydrogen-bond donors (Lipinski definition) is 0. The number of Topliss-reactive ketones (excluding diaryl/α,β-unsaturated/α-hetero) is 1. The van der Waals surface area contributed by atoms with Crippen LogP contribution in [0.2, 0.25) is 0 Å². The molecule has 0 N–H and O–H groups in total. The molecule has 0 amide bonds. The Morgan fingerprint density at radius 1 is 1.17 bits per heavy atom. The molecule has 3 nitrogen and oxygen atoms in total. The van der Waals surface area contributed by atoms with E-state index < -0.39 is 0 Å². The number of hydrogen-bond acceptors (Lipinski definition) is 2. The quantitative estimate of drug-likeness (QED) is 0.815. The molecule has 0 unspecified atom stereocenters. The fourth-order valence-electron chi connectivity index (χ4n) is 2.60. The molecule has 0 saturated heterocycles. The molecule has 2 rings (SSSR count). The molecule has 1 aliphatic carbocycles. The minimum atomic E-state index is 0.411. The van der Waals surface area contributed by atoms with Crippen molar-refractivity contribution in [2.75, 3.05) is 0 Å². The molecule has 1 aromatic rings. The van der Waals surface area contributed by atoms with Crippen molar-refractivity contribution in [1.29, 1.82) is 0 Å². The fraction of sp³-hybridized carbons (Fsp3) is 0.733. The number of carbonyl (C=O) groups is 1. The molecular formula is C15H24N2O. The van der Waals surface area contributed by atoms with Gasteiger partial charge in [-0.05, 0) is 30.7 Å². The zero-order valence-electron chi connectivity index (χ0n) is 11.9. The third-order valence-corrected chi connectivity index (χ3v) is 3.83. The molecule has 0 radical (unpaired) electrons. The maximum Gasteiger partial charge on any atom is 0.133 e. The first-order valence-electron chi connectivity index (χ1n) is 7.10. The second kappa shape index (κ2) is 5.25. The van der Waals surface area contributed by atoms with Gasteiger partial charge in [-0.1, -0.05) is 27.7 Å². The highest BCUT2D eigenvalue weighted by atomic mass is 16.1. The van der Waals surface area contributed by atoms with Crippen LogP contribution < -0.4 is 0 Å². The second-order valence-corrected chi connectivity index (χ2v) is 6.02. The Morgan fingerprint density at radius 2 is 1.78 bits per heavy atom. The molecule has 1 fully saturated rings. The first kappa shape index (κ1) is 13.3. The van der Waals surface area contributed by atoms with E-state index >= 15 is 0 Å². The summed E-state index contributed by atoms with van der Waals surface area (Å²) in [5, 5.41) is 4.79. The van der Waals surface area contributed by atoms with Crippen molar-refractivity contribution in [2.45, 2.75) is 71.3 Å². The van der Waals surface area contributed by atoms with E-state index in [0.717, 1.165) is 25.7 Å². The van der Waals surface area contributed by atoms with E-state index in [-0.39, 0.29) is 0 Å². The van der Waals surface area contributed by atoms with Crippen LogP contribution in [-0.2, 0) is 4.79 Å². The minimum Gasteiger partial charge on any atom is -0.300 e. The molecule has 18 heavy (non-hydrogen) atoms. The molecule has 100 valence electrons. The van der Waals surface area contributed by atoms with Crippen LogP contribution in [0.25, 0.3) is 0 Å². The van der Waals surface area contributed by atoms with Gasteiger partial charge in [0, 0.05) is 18.5 Å². The van der Waals surface area contributed by atoms with Gasteiger partial charge in [-0.25, -0.2) is 0 Å². The van der Waals surface area contributed by atoms with E-state index in [1.165, 1.54) is 11.4 Å². The highest BCUT2D eigenvalue weighted by molar-refractivity contribution is 5.79. The summed E-state index contributed by atoms with van der Waals surface area (Å²) in [5.41, 5.74) is 2.49. The molecule has 0 aliphatic heterocycles. The Hall–Kier alpha value is -1.12. The van der Waals surface area contributed by atoms with E-state index in [2.05, 4.69) is 38.4 Å². The number of rotatable bonds is 3. The van der Waals surface area contributed by atoms with Gasteiger partial charge in [0.2, 0.25) is 0 Å². The Bertz CT molecular complexity index is 422. The average Bonchev–Trinajstić information content (AvgIpc) is 2.75. The van der Waals surface area contributed by atoms with Crippen LogP contribution >= 0.6 is 0 Å². The van der Waals surface area contributed by atoms with Crippen LogP contribution in [0.4, 0.5) is 0 Å². The maximum atomic E-state index is 11.3. The molecule has 3 heteroatoms. The highest BCUT2D eigenvalue weighted by Gasteiger charge is 2.24. The number of ketones is 1. The van der Waals surface area contributed by atoms with Crippen LogP contribution in [0.1, 0.15) is 82.6 Å². The van der Waals surface area contributed by atoms with E-state index in [9.17, 15) is 4.79 Å². The zero-order valence-corrected chi connectivity index (χ0v) is 11.9. The van der Waals surface area contributed by atoms with Crippen LogP contribution in [0.3, 0.4) is 0 Å². The third kappa shape index (κ3) is 2.65. The lowest BCUT2D eigenvalue weighted by molar-refractivity contribution is -0.120. The predicted octanol–water partition coefficient (Wildman–Crippen LogP) is 3.81. The van der Waals surface area contributed by atoms with Gasteiger partial charge in [0.1, 0.15) is 5.78 Å². The van der Waals surface area contributed by atoms with E-state index in [1.807, 2.05) is 0 Å². The first-order valence-corrected chi connectivity index (χ1v) is 7.10. The first-order chi connectivity index (χ1) is 8.49. The molecule has 0 aromatic carbocycles. The SMILES string of the molecule is CC(C)c1cc(C(C)C)n(C2CCC(=O)CC2)n1. The third-order valence-electron chi connectivity index (χ3n) is 3.83. The number of nitrogens with zero attached hydrogens (tertiary/aromatic N) is 2. The van der Waals surface area contributed by atoms with E-state index in [1.54, 1.807) is 0 Å². The van der Waals surface area contributed by atoms with Crippen molar-refractivity contribution >= 4 is 5.78 Å². The summed E-state index contributed by atoms with van der Waals surface area (Å²) in [7, 11) is 0. The molecule has 0 atom stereocenters. The second-order valence-electron chi connectivity index (χ2n) is 6.02. The van der Waals surface area contributed by atoms with Crippen molar-refractivity contribution in [1.82, 2.24) is 9.78 Å². The van der Waals surface area contributed by atoms with Gasteiger partial charge in [0.15, 0.2) is 0 Å². The molecule has 1 heterocycles. The lowest BCUT2D eigenvalue weighted by Crippen LogP contribution is -2.21. The normalized spacial score (nSPS) is 18.0. The molecule has 0 spiro atoms. The summed E-state index contributed by atoms with van der Waals surface area (Å²) >= 11 is 0. The standard InChI is InChI=1S/C15H24N2O/c1-10(2)14-9-15(11(3)4)17(16-14)12-5-7-13(18)8-6-12/h9-12H,5-8H2,1-4H3. The molecule has 1 saturated carbocycles. The van der Waals surface area contributed by atoms with Crippen molar-refractivity contribution in [3.8, 4) is 0 Å². The summed E-state index contributed by atoms with van der Waals surface area (Å²) in [6.45, 7) is 8.79. The smallest absolute Gasteiger partial charge is 0.133 e. The summed E-state index contributed by atoms with van der Waals surface area (Å²) < 4.78 is 2.20. The summed E-state index contributed by atoms with van der Waals surface area (Å²) in [4.78, 5) is 11.3. The van der Waals surface area contributed by atoms with Gasteiger partial charge in [-0.15, -0.1) is 0 Å². The number of carbonyl (C=O) groups excluding carboxylic acids is 1. The zero-order chi connectivity index (χ0) is 13.3. The van der Waals surface area contributed by atoms with Crippen LogP contribution in [-0.4, -0.2) is 15.6 Å². The fourth-order valence-corrected chi connectivity index (χ4v) is 2.60. The van der Waals surface area contributed by atoms with Gasteiger partial charge in [-0.2, -0.15) is 5.10 Å². The van der Waals surface area contributed by atoms with Crippen LogP contribution in [0, 0.1) is 0 Å². The monoisotopic (exact) mass is 248 g/mol. The Morgan fingerprint density at radius 3 is 2.28 bits per heavy atom. The van der Waals surface area contributed by atoms with Gasteiger partial charge in [-0.3, -0.25) is 9.48 Å². The van der Waals surface area contributed by atoms with Gasteiger partial charge in [0.25, 0.3) is 0 Å². The van der Waals surface area contributed by atoms with E-state index in [0.29, 0.717) is 23.7 Å². The summed E-state index contributed by atoms with van der Waals surface area (Å²) in [5.74, 6) is 1.37. The lowest BCUT2D eigenvalue weighted by Gasteiger charge is -2.24. The largest absolute Gasteiger partial charge is 0.300 e. The van der Waals surface area contributed by atoms with Crippen molar-refractivity contribution < 1.29 is 4.79 Å². The lowest BCUT2D eigenvalue weighted by atomic mass is 9.94. The van der Waals surface area contributed by atoms with Gasteiger partial charge < -0.3 is 0 Å². The van der Waals surface area contributed by atoms with Crippen molar-refractivity contribution in [3.05, 3.63) is 17.5 Å². The number of aromatic nitrogens is 2. The van der Waals surface area contributed by atoms with Crippen LogP contribution in [0.5, 0.6) is 0 Å². The Balaban J connectivity index is 2.27. The Kier molecular flexibility index (Phi) is 3.88. The highest BCUT2D eigenvalue weighted by Crippen LogP contribution is 2.31. The topological polar surface area (TPSA) is 34.9 Å². The van der Waals surface area contributed by atoms with Gasteiger partial charge in [0.05, 0.1) is 11.7 Å². The van der Waals surface area contributed by atoms with Gasteiger partial charge >= 0.3 is 0 Å². The maximum absolute atomic E-state index is 11.3. The van der Waals surface area contributed by atoms with Crippen LogP contribution in [0.15, 0.2) is 6.07 Å². The average molecular weight is 248 g/mol. The molecular weight excluding hydrogens is 224 g/mol. The van der Waals surface area contributed by atoms with Crippen molar-refractivity contribution in [2.24, 2.45) is 0 Å². The molecule has 0 bridgehead atoms. The molecule has 1 aliphatic rings.